The largest absolute Gasteiger partial charge is 0.394 e. The maximum Gasteiger partial charge on any atom is 0.257 e. The molecule has 0 aliphatic heterocycles. The third-order valence-corrected chi connectivity index (χ3v) is 2.84. The van der Waals surface area contributed by atoms with Crippen molar-refractivity contribution in [3.8, 4) is 0 Å². The van der Waals surface area contributed by atoms with Crippen molar-refractivity contribution in [2.45, 2.75) is 26.3 Å². The molecule has 0 aromatic carbocycles. The average Bonchev–Trinajstić information content (AvgIpc) is 2.55. The van der Waals surface area contributed by atoms with E-state index in [2.05, 4.69) is 5.10 Å². The van der Waals surface area contributed by atoms with Crippen molar-refractivity contribution in [2.24, 2.45) is 7.05 Å². The van der Waals surface area contributed by atoms with E-state index >= 15 is 0 Å². The number of aromatic nitrogens is 2. The van der Waals surface area contributed by atoms with Gasteiger partial charge in [0.25, 0.3) is 5.91 Å². The van der Waals surface area contributed by atoms with Crippen LogP contribution in [0.25, 0.3) is 0 Å². The number of aliphatic hydroxyl groups is 1. The average molecular weight is 225 g/mol. The highest BCUT2D eigenvalue weighted by molar-refractivity contribution is 5.95. The molecule has 5 nitrogen and oxygen atoms in total. The number of aliphatic hydroxyl groups excluding tert-OH is 1. The van der Waals surface area contributed by atoms with Gasteiger partial charge in [0, 0.05) is 20.3 Å². The van der Waals surface area contributed by atoms with Gasteiger partial charge in [0.2, 0.25) is 0 Å². The fraction of sp³-hybridized carbons (Fsp3) is 0.636. The zero-order valence-corrected chi connectivity index (χ0v) is 10.5. The molecule has 1 rings (SSSR count). The Kier molecular flexibility index (Phi) is 3.38. The topological polar surface area (TPSA) is 58.4 Å². The van der Waals surface area contributed by atoms with Gasteiger partial charge in [0.05, 0.1) is 23.4 Å². The predicted octanol–water partition coefficient (Wildman–Crippen LogP) is 0.571. The number of aryl methyl sites for hydroxylation is 2. The van der Waals surface area contributed by atoms with E-state index in [-0.39, 0.29) is 12.5 Å². The zero-order valence-electron chi connectivity index (χ0n) is 10.5. The Balaban J connectivity index is 2.99. The second-order valence-corrected chi connectivity index (χ2v) is 4.64. The second kappa shape index (κ2) is 4.25. The molecule has 1 aromatic heterocycles. The quantitative estimate of drug-likeness (QED) is 0.818. The number of carbonyl (C=O) groups is 1. The minimum absolute atomic E-state index is 0.0749. The summed E-state index contributed by atoms with van der Waals surface area (Å²) >= 11 is 0. The second-order valence-electron chi connectivity index (χ2n) is 4.64. The molecule has 1 amide bonds. The van der Waals surface area contributed by atoms with E-state index in [0.717, 1.165) is 0 Å². The van der Waals surface area contributed by atoms with E-state index in [0.29, 0.717) is 11.3 Å². The monoisotopic (exact) mass is 225 g/mol. The van der Waals surface area contributed by atoms with E-state index in [4.69, 9.17) is 0 Å². The van der Waals surface area contributed by atoms with Crippen LogP contribution >= 0.6 is 0 Å². The predicted molar refractivity (Wildman–Crippen MR) is 61.2 cm³/mol. The third-order valence-electron chi connectivity index (χ3n) is 2.84. The van der Waals surface area contributed by atoms with Gasteiger partial charge in [-0.3, -0.25) is 9.48 Å². The summed E-state index contributed by atoms with van der Waals surface area (Å²) in [6, 6.07) is 0. The van der Waals surface area contributed by atoms with Gasteiger partial charge >= 0.3 is 0 Å². The number of nitrogens with zero attached hydrogens (tertiary/aromatic N) is 3. The number of likely N-dealkylation sites (N-methyl/N-ethyl adjacent to an activating group) is 1. The van der Waals surface area contributed by atoms with Crippen LogP contribution in [0.1, 0.15) is 29.9 Å². The maximum atomic E-state index is 12.1. The first-order valence-corrected chi connectivity index (χ1v) is 5.19. The summed E-state index contributed by atoms with van der Waals surface area (Å²) in [7, 11) is 3.46. The summed E-state index contributed by atoms with van der Waals surface area (Å²) in [4.78, 5) is 13.7. The molecule has 1 N–H and O–H groups in total. The first kappa shape index (κ1) is 12.7. The lowest BCUT2D eigenvalue weighted by Gasteiger charge is -2.33. The van der Waals surface area contributed by atoms with Crippen LogP contribution in [-0.2, 0) is 7.05 Å². The molecule has 0 aliphatic rings. The van der Waals surface area contributed by atoms with Crippen LogP contribution in [0.5, 0.6) is 0 Å². The molecule has 5 heteroatoms. The molecule has 0 bridgehead atoms. The molecule has 1 aromatic rings. The fourth-order valence-electron chi connectivity index (χ4n) is 1.37. The molecule has 0 saturated carbocycles. The summed E-state index contributed by atoms with van der Waals surface area (Å²) < 4.78 is 1.61. The molecule has 16 heavy (non-hydrogen) atoms. The first-order valence-electron chi connectivity index (χ1n) is 5.19. The van der Waals surface area contributed by atoms with Crippen LogP contribution in [0.2, 0.25) is 0 Å². The summed E-state index contributed by atoms with van der Waals surface area (Å²) in [5.41, 5.74) is 0.707. The van der Waals surface area contributed by atoms with Crippen LogP contribution in [-0.4, -0.2) is 44.9 Å². The van der Waals surface area contributed by atoms with Gasteiger partial charge in [-0.05, 0) is 20.8 Å². The summed E-state index contributed by atoms with van der Waals surface area (Å²) in [5, 5.41) is 13.3. The van der Waals surface area contributed by atoms with Crippen molar-refractivity contribution >= 4 is 5.91 Å². The highest BCUT2D eigenvalue weighted by Crippen LogP contribution is 2.16. The van der Waals surface area contributed by atoms with Crippen LogP contribution in [0.4, 0.5) is 0 Å². The van der Waals surface area contributed by atoms with Crippen molar-refractivity contribution in [1.82, 2.24) is 14.7 Å². The smallest absolute Gasteiger partial charge is 0.257 e. The van der Waals surface area contributed by atoms with Crippen molar-refractivity contribution in [1.29, 1.82) is 0 Å². The molecule has 90 valence electrons. The van der Waals surface area contributed by atoms with Crippen LogP contribution in [0, 0.1) is 6.92 Å². The number of rotatable bonds is 3. The Hall–Kier alpha value is -1.36. The summed E-state index contributed by atoms with van der Waals surface area (Å²) in [6.45, 7) is 5.36. The molecular weight excluding hydrogens is 206 g/mol. The van der Waals surface area contributed by atoms with Crippen molar-refractivity contribution in [2.75, 3.05) is 13.7 Å². The lowest BCUT2D eigenvalue weighted by atomic mass is 10.0. The molecule has 0 fully saturated rings. The van der Waals surface area contributed by atoms with E-state index in [9.17, 15) is 9.90 Å². The fourth-order valence-corrected chi connectivity index (χ4v) is 1.37. The Morgan fingerprint density at radius 2 is 2.19 bits per heavy atom. The zero-order chi connectivity index (χ0) is 12.5. The van der Waals surface area contributed by atoms with Gasteiger partial charge in [-0.15, -0.1) is 0 Å². The molecule has 0 unspecified atom stereocenters. The Morgan fingerprint density at radius 3 is 2.56 bits per heavy atom. The third kappa shape index (κ3) is 2.24. The van der Waals surface area contributed by atoms with Crippen LogP contribution in [0.3, 0.4) is 0 Å². The lowest BCUT2D eigenvalue weighted by Crippen LogP contribution is -2.47. The number of hydrogen-bond donors (Lipinski definition) is 1. The highest BCUT2D eigenvalue weighted by Gasteiger charge is 2.29. The first-order chi connectivity index (χ1) is 7.29. The SMILES string of the molecule is Cc1nn(C)cc1C(=O)N(C)C(C)(C)CO. The lowest BCUT2D eigenvalue weighted by molar-refractivity contribution is 0.0472. The molecule has 1 heterocycles. The minimum atomic E-state index is -0.570. The van der Waals surface area contributed by atoms with Gasteiger partial charge in [0.15, 0.2) is 0 Å². The van der Waals surface area contributed by atoms with E-state index in [1.807, 2.05) is 13.8 Å². The van der Waals surface area contributed by atoms with Gasteiger partial charge < -0.3 is 10.0 Å². The maximum absolute atomic E-state index is 12.1. The molecule has 0 atom stereocenters. The van der Waals surface area contributed by atoms with Crippen LogP contribution < -0.4 is 0 Å². The minimum Gasteiger partial charge on any atom is -0.394 e. The summed E-state index contributed by atoms with van der Waals surface area (Å²) in [6.07, 6.45) is 1.70. The van der Waals surface area contributed by atoms with Gasteiger partial charge in [-0.25, -0.2) is 0 Å². The number of hydrogen-bond acceptors (Lipinski definition) is 3. The standard InChI is InChI=1S/C11H19N3O2/c1-8-9(6-13(4)12-8)10(16)14(5)11(2,3)7-15/h6,15H,7H2,1-5H3. The van der Waals surface area contributed by atoms with Crippen molar-refractivity contribution in [3.05, 3.63) is 17.5 Å². The molecular formula is C11H19N3O2. The Labute approximate surface area is 95.7 Å². The highest BCUT2D eigenvalue weighted by atomic mass is 16.3. The van der Waals surface area contributed by atoms with E-state index < -0.39 is 5.54 Å². The molecule has 0 saturated heterocycles. The number of carbonyl (C=O) groups excluding carboxylic acids is 1. The summed E-state index contributed by atoms with van der Waals surface area (Å²) in [5.74, 6) is -0.121. The molecule has 0 radical (unpaired) electrons. The Bertz CT molecular complexity index is 396. The Morgan fingerprint density at radius 1 is 1.62 bits per heavy atom. The van der Waals surface area contributed by atoms with E-state index in [1.165, 1.54) is 4.90 Å². The van der Waals surface area contributed by atoms with Gasteiger partial charge in [0.1, 0.15) is 0 Å². The number of amides is 1. The van der Waals surface area contributed by atoms with Gasteiger partial charge in [-0.2, -0.15) is 5.10 Å². The van der Waals surface area contributed by atoms with Gasteiger partial charge in [-0.1, -0.05) is 0 Å². The molecule has 0 spiro atoms. The van der Waals surface area contributed by atoms with E-state index in [1.54, 1.807) is 31.9 Å². The van der Waals surface area contributed by atoms with Crippen molar-refractivity contribution < 1.29 is 9.90 Å². The van der Waals surface area contributed by atoms with Crippen LogP contribution in [0.15, 0.2) is 6.20 Å². The molecule has 0 aliphatic carbocycles. The van der Waals surface area contributed by atoms with Crippen molar-refractivity contribution in [3.63, 3.8) is 0 Å². The normalized spacial score (nSPS) is 11.6.